The van der Waals surface area contributed by atoms with Gasteiger partial charge in [-0.25, -0.2) is 0 Å². The minimum atomic E-state index is -4.67. The summed E-state index contributed by atoms with van der Waals surface area (Å²) in [5.74, 6) is 0.560. The molecule has 1 aliphatic rings. The summed E-state index contributed by atoms with van der Waals surface area (Å²) in [6.07, 6.45) is -3.91. The van der Waals surface area contributed by atoms with Crippen LogP contribution in [0.25, 0.3) is 0 Å². The molecule has 1 heterocycles. The fourth-order valence-electron chi connectivity index (χ4n) is 3.34. The molecule has 0 saturated carbocycles. The molecule has 1 aliphatic heterocycles. The number of hydrogen-bond acceptors (Lipinski definition) is 5. The molecule has 0 saturated heterocycles. The molecule has 0 aliphatic carbocycles. The lowest BCUT2D eigenvalue weighted by Crippen LogP contribution is -2.36. The molecule has 1 amide bonds. The van der Waals surface area contributed by atoms with E-state index in [0.717, 1.165) is 23.3 Å². The van der Waals surface area contributed by atoms with Gasteiger partial charge in [0.15, 0.2) is 0 Å². The SMILES string of the molecule is COc1ccc2c(c1)CN(C(=O)CCNc1ccc(C(F)(F)F)cc1[N+](=O)[O-])CC2. The number of fused-ring (bicyclic) bond motifs is 1. The third kappa shape index (κ3) is 4.81. The monoisotopic (exact) mass is 423 g/mol. The molecule has 0 spiro atoms. The molecule has 2 aromatic rings. The summed E-state index contributed by atoms with van der Waals surface area (Å²) in [5, 5.41) is 13.8. The van der Waals surface area contributed by atoms with E-state index in [9.17, 15) is 28.1 Å². The van der Waals surface area contributed by atoms with Crippen LogP contribution in [0.4, 0.5) is 24.5 Å². The number of anilines is 1. The number of benzene rings is 2. The number of hydrogen-bond donors (Lipinski definition) is 1. The lowest BCUT2D eigenvalue weighted by Gasteiger charge is -2.29. The predicted molar refractivity (Wildman–Crippen MR) is 103 cm³/mol. The van der Waals surface area contributed by atoms with Gasteiger partial charge in [-0.1, -0.05) is 6.07 Å². The molecule has 160 valence electrons. The molecule has 0 atom stereocenters. The second kappa shape index (κ2) is 8.60. The van der Waals surface area contributed by atoms with Gasteiger partial charge >= 0.3 is 6.18 Å². The van der Waals surface area contributed by atoms with Gasteiger partial charge in [-0.05, 0) is 41.8 Å². The molecule has 10 heteroatoms. The van der Waals surface area contributed by atoms with Crippen molar-refractivity contribution >= 4 is 17.3 Å². The lowest BCUT2D eigenvalue weighted by molar-refractivity contribution is -0.384. The average Bonchev–Trinajstić information content (AvgIpc) is 2.72. The normalized spacial score (nSPS) is 13.5. The van der Waals surface area contributed by atoms with E-state index >= 15 is 0 Å². The Morgan fingerprint density at radius 2 is 2.00 bits per heavy atom. The number of nitro groups is 1. The predicted octanol–water partition coefficient (Wildman–Crippen LogP) is 4.01. The highest BCUT2D eigenvalue weighted by molar-refractivity contribution is 5.77. The zero-order valence-electron chi connectivity index (χ0n) is 16.2. The van der Waals surface area contributed by atoms with Crippen molar-refractivity contribution in [2.24, 2.45) is 0 Å². The Bertz CT molecular complexity index is 963. The van der Waals surface area contributed by atoms with Crippen molar-refractivity contribution < 1.29 is 27.6 Å². The van der Waals surface area contributed by atoms with Gasteiger partial charge in [0, 0.05) is 32.1 Å². The first-order chi connectivity index (χ1) is 14.2. The number of carbonyl (C=O) groups excluding carboxylic acids is 1. The highest BCUT2D eigenvalue weighted by atomic mass is 19.4. The van der Waals surface area contributed by atoms with Crippen LogP contribution in [0.2, 0.25) is 0 Å². The molecule has 0 aromatic heterocycles. The summed E-state index contributed by atoms with van der Waals surface area (Å²) in [6.45, 7) is 1.05. The van der Waals surface area contributed by atoms with Gasteiger partial charge in [-0.15, -0.1) is 0 Å². The zero-order chi connectivity index (χ0) is 21.9. The van der Waals surface area contributed by atoms with Crippen molar-refractivity contribution in [3.63, 3.8) is 0 Å². The Balaban J connectivity index is 1.61. The molecule has 1 N–H and O–H groups in total. The minimum Gasteiger partial charge on any atom is -0.497 e. The van der Waals surface area contributed by atoms with E-state index in [1.807, 2.05) is 18.2 Å². The summed E-state index contributed by atoms with van der Waals surface area (Å²) in [7, 11) is 1.57. The average molecular weight is 423 g/mol. The van der Waals surface area contributed by atoms with Crippen molar-refractivity contribution in [3.8, 4) is 5.75 Å². The molecule has 3 rings (SSSR count). The fraction of sp³-hybridized carbons (Fsp3) is 0.350. The molecular formula is C20H20F3N3O4. The van der Waals surface area contributed by atoms with Crippen LogP contribution in [0.15, 0.2) is 36.4 Å². The molecule has 0 bridgehead atoms. The third-order valence-corrected chi connectivity index (χ3v) is 4.95. The number of nitro benzene ring substituents is 1. The molecule has 0 radical (unpaired) electrons. The van der Waals surface area contributed by atoms with Crippen LogP contribution in [-0.2, 0) is 23.9 Å². The van der Waals surface area contributed by atoms with E-state index in [-0.39, 0.29) is 24.6 Å². The number of methoxy groups -OCH3 is 1. The quantitative estimate of drug-likeness (QED) is 0.561. The van der Waals surface area contributed by atoms with Gasteiger partial charge in [0.05, 0.1) is 17.6 Å². The summed E-state index contributed by atoms with van der Waals surface area (Å²) in [6, 6.07) is 8.00. The summed E-state index contributed by atoms with van der Waals surface area (Å²) < 4.78 is 43.5. The maximum Gasteiger partial charge on any atom is 0.416 e. The molecule has 0 unspecified atom stereocenters. The van der Waals surface area contributed by atoms with Gasteiger partial charge < -0.3 is 15.0 Å². The van der Waals surface area contributed by atoms with Crippen LogP contribution >= 0.6 is 0 Å². The number of carbonyl (C=O) groups is 1. The Hall–Kier alpha value is -3.30. The number of alkyl halides is 3. The van der Waals surface area contributed by atoms with E-state index < -0.39 is 22.4 Å². The van der Waals surface area contributed by atoms with Crippen LogP contribution in [0.5, 0.6) is 5.75 Å². The first-order valence-electron chi connectivity index (χ1n) is 9.22. The van der Waals surface area contributed by atoms with Gasteiger partial charge in [-0.3, -0.25) is 14.9 Å². The largest absolute Gasteiger partial charge is 0.497 e. The van der Waals surface area contributed by atoms with E-state index in [1.165, 1.54) is 0 Å². The number of rotatable bonds is 6. The van der Waals surface area contributed by atoms with Crippen molar-refractivity contribution in [2.45, 2.75) is 25.6 Å². The summed E-state index contributed by atoms with van der Waals surface area (Å²) in [4.78, 5) is 24.5. The molecule has 2 aromatic carbocycles. The van der Waals surface area contributed by atoms with Crippen LogP contribution in [0.1, 0.15) is 23.1 Å². The number of amides is 1. The standard InChI is InChI=1S/C20H20F3N3O4/c1-30-16-4-2-13-7-9-25(12-14(13)10-16)19(27)6-8-24-17-5-3-15(20(21,22)23)11-18(17)26(28)29/h2-5,10-11,24H,6-9,12H2,1H3. The Morgan fingerprint density at radius 3 is 2.67 bits per heavy atom. The van der Waals surface area contributed by atoms with E-state index in [4.69, 9.17) is 4.74 Å². The minimum absolute atomic E-state index is 0.0531. The van der Waals surface area contributed by atoms with Crippen molar-refractivity contribution in [3.05, 3.63) is 63.2 Å². The summed E-state index contributed by atoms with van der Waals surface area (Å²) >= 11 is 0. The number of nitrogens with zero attached hydrogens (tertiary/aromatic N) is 2. The number of ether oxygens (including phenoxy) is 1. The molecule has 30 heavy (non-hydrogen) atoms. The summed E-state index contributed by atoms with van der Waals surface area (Å²) in [5.41, 5.74) is 0.308. The lowest BCUT2D eigenvalue weighted by atomic mass is 9.99. The van der Waals surface area contributed by atoms with Gasteiger partial charge in [0.1, 0.15) is 11.4 Å². The highest BCUT2D eigenvalue weighted by Gasteiger charge is 2.33. The van der Waals surface area contributed by atoms with Crippen molar-refractivity contribution in [1.82, 2.24) is 4.90 Å². The molecule has 7 nitrogen and oxygen atoms in total. The van der Waals surface area contributed by atoms with Crippen molar-refractivity contribution in [1.29, 1.82) is 0 Å². The van der Waals surface area contributed by atoms with E-state index in [2.05, 4.69) is 5.32 Å². The van der Waals surface area contributed by atoms with Crippen LogP contribution in [0.3, 0.4) is 0 Å². The Morgan fingerprint density at radius 1 is 1.23 bits per heavy atom. The van der Waals surface area contributed by atoms with E-state index in [1.54, 1.807) is 12.0 Å². The fourth-order valence-corrected chi connectivity index (χ4v) is 3.34. The second-order valence-corrected chi connectivity index (χ2v) is 6.86. The van der Waals surface area contributed by atoms with Crippen LogP contribution in [0, 0.1) is 10.1 Å². The maximum atomic E-state index is 12.8. The van der Waals surface area contributed by atoms with Crippen LogP contribution < -0.4 is 10.1 Å². The van der Waals surface area contributed by atoms with Crippen LogP contribution in [-0.4, -0.2) is 35.9 Å². The topological polar surface area (TPSA) is 84.7 Å². The molecule has 0 fully saturated rings. The smallest absolute Gasteiger partial charge is 0.416 e. The maximum absolute atomic E-state index is 12.8. The Kier molecular flexibility index (Phi) is 6.14. The third-order valence-electron chi connectivity index (χ3n) is 4.95. The van der Waals surface area contributed by atoms with Gasteiger partial charge in [0.2, 0.25) is 5.91 Å². The van der Waals surface area contributed by atoms with Gasteiger partial charge in [-0.2, -0.15) is 13.2 Å². The number of halogens is 3. The first kappa shape index (κ1) is 21.4. The second-order valence-electron chi connectivity index (χ2n) is 6.86. The first-order valence-corrected chi connectivity index (χ1v) is 9.22. The van der Waals surface area contributed by atoms with Crippen molar-refractivity contribution in [2.75, 3.05) is 25.5 Å². The molecular weight excluding hydrogens is 403 g/mol. The zero-order valence-corrected chi connectivity index (χ0v) is 16.2. The van der Waals surface area contributed by atoms with Gasteiger partial charge in [0.25, 0.3) is 5.69 Å². The highest BCUT2D eigenvalue weighted by Crippen LogP contribution is 2.35. The Labute approximate surface area is 170 Å². The van der Waals surface area contributed by atoms with E-state index in [0.29, 0.717) is 31.3 Å². The number of nitrogens with one attached hydrogen (secondary N) is 1.